The molecule has 0 fully saturated rings. The van der Waals surface area contributed by atoms with Crippen LogP contribution in [0.4, 0.5) is 0 Å². The maximum absolute atomic E-state index is 2.31. The molecule has 0 aromatic heterocycles. The second kappa shape index (κ2) is 194. The Morgan fingerprint density at radius 1 is 0.818 bits per heavy atom. The Kier molecular flexibility index (Phi) is 1200. The van der Waals surface area contributed by atoms with E-state index in [1.54, 1.807) is 0 Å². The fraction of sp³-hybridized carbons (Fsp3) is 1.00. The second-order valence-corrected chi connectivity index (χ2v) is 1.41. The normalized spacial score (nSPS) is 3.27. The van der Waals surface area contributed by atoms with E-state index in [9.17, 15) is 0 Å². The Morgan fingerprint density at radius 3 is 0.909 bits per heavy atom. The van der Waals surface area contributed by atoms with Crippen molar-refractivity contribution in [3.05, 3.63) is 0 Å². The number of hydrogen-bond acceptors (Lipinski definition) is 0. The summed E-state index contributed by atoms with van der Waals surface area (Å²) >= 11 is 0. The highest BCUT2D eigenvalue weighted by Crippen LogP contribution is 1.64. The first-order chi connectivity index (χ1) is 2.91. The Labute approximate surface area is 79.0 Å². The van der Waals surface area contributed by atoms with Crippen LogP contribution in [0.3, 0.4) is 0 Å². The number of hydrogen-bond donors (Lipinski definition) is 0. The third kappa shape index (κ3) is 577. The summed E-state index contributed by atoms with van der Waals surface area (Å²) < 4.78 is 0. The molecule has 0 aliphatic rings. The Balaban J connectivity index is -0.00000000432. The lowest BCUT2D eigenvalue weighted by Gasteiger charge is -1.74. The van der Waals surface area contributed by atoms with Crippen molar-refractivity contribution in [1.29, 1.82) is 0 Å². The average Bonchev–Trinajstić information content (AvgIpc) is 1.72. The third-order valence-electron chi connectivity index (χ3n) is 0.707. The zero-order chi connectivity index (χ0) is 5.41. The monoisotopic (exact) mass is 167 g/mol. The van der Waals surface area contributed by atoms with Gasteiger partial charge in [-0.05, 0) is 7.28 Å². The van der Waals surface area contributed by atoms with E-state index in [2.05, 4.69) is 13.7 Å². The van der Waals surface area contributed by atoms with Crippen LogP contribution in [0.2, 0.25) is 13.1 Å². The summed E-state index contributed by atoms with van der Waals surface area (Å²) in [5, 5.41) is 0. The molecule has 1 heteroatoms. The zero-order valence-corrected chi connectivity index (χ0v) is 5.71. The van der Waals surface area contributed by atoms with Gasteiger partial charge < -0.3 is 0 Å². The van der Waals surface area contributed by atoms with Crippen molar-refractivity contribution in [1.82, 2.24) is 0 Å². The molecule has 0 unspecified atom stereocenters. The smallest absolute Gasteiger partial charge is 0.0359 e. The maximum Gasteiger partial charge on any atom is -0.0359 e. The van der Waals surface area contributed by atoms with Crippen molar-refractivity contribution in [3.8, 4) is 0 Å². The van der Waals surface area contributed by atoms with E-state index < -0.39 is 0 Å². The van der Waals surface area contributed by atoms with E-state index in [4.69, 9.17) is 0 Å². The van der Waals surface area contributed by atoms with Crippen LogP contribution in [0.5, 0.6) is 0 Å². The summed E-state index contributed by atoms with van der Waals surface area (Å²) in [4.78, 5) is 0. The van der Waals surface area contributed by atoms with Crippen molar-refractivity contribution >= 4 is 7.28 Å². The van der Waals surface area contributed by atoms with Crippen molar-refractivity contribution in [2.75, 3.05) is 0 Å². The Bertz CT molecular complexity index is 6.83. The first-order valence-electron chi connectivity index (χ1n) is 3.41. The van der Waals surface area contributed by atoms with Crippen LogP contribution in [0, 0.1) is 0 Å². The van der Waals surface area contributed by atoms with Crippen LogP contribution < -0.4 is 0 Å². The molecule has 0 saturated heterocycles. The van der Waals surface area contributed by atoms with Crippen LogP contribution >= 0.6 is 0 Å². The summed E-state index contributed by atoms with van der Waals surface area (Å²) in [6.45, 7) is 8.54. The van der Waals surface area contributed by atoms with E-state index in [0.29, 0.717) is 7.28 Å². The standard InChI is InChI=1S/C3H10B.C2H6.5CH4/c1-3-4-2;1-2;;;;;/h3-4H2,1-2H3;1-2H3;5*1H4/q-1;;;;;;. The van der Waals surface area contributed by atoms with Gasteiger partial charge in [-0.25, -0.2) is 0 Å². The van der Waals surface area contributed by atoms with Crippen molar-refractivity contribution in [3.63, 3.8) is 0 Å². The quantitative estimate of drug-likeness (QED) is 0.490. The van der Waals surface area contributed by atoms with Gasteiger partial charge in [-0.3, -0.25) is 0 Å². The highest BCUT2D eigenvalue weighted by Gasteiger charge is 1.50. The molecule has 0 bridgehead atoms. The molecule has 0 nitrogen and oxygen atoms in total. The van der Waals surface area contributed by atoms with Gasteiger partial charge in [0.05, 0.1) is 0 Å². The molecule has 0 saturated carbocycles. The summed E-state index contributed by atoms with van der Waals surface area (Å²) in [6, 6.07) is 0. The zero-order valence-electron chi connectivity index (χ0n) is 5.71. The van der Waals surface area contributed by atoms with Gasteiger partial charge in [0.2, 0.25) is 0 Å². The minimum absolute atomic E-state index is 0. The molecule has 80 valence electrons. The summed E-state index contributed by atoms with van der Waals surface area (Å²) in [6.07, 6.45) is 1.44. The van der Waals surface area contributed by atoms with E-state index in [-0.39, 0.29) is 37.1 Å². The largest absolute Gasteiger partial charge is 0.196 e. The summed E-state index contributed by atoms with van der Waals surface area (Å²) in [5.41, 5.74) is 0. The average molecular weight is 167 g/mol. The van der Waals surface area contributed by atoms with Crippen LogP contribution in [-0.4, -0.2) is 7.28 Å². The minimum Gasteiger partial charge on any atom is -0.196 e. The predicted octanol–water partition coefficient (Wildman–Crippen LogP) is 4.85. The van der Waals surface area contributed by atoms with E-state index in [1.807, 2.05) is 13.8 Å². The van der Waals surface area contributed by atoms with Crippen LogP contribution in [0.1, 0.15) is 57.9 Å². The first-order valence-corrected chi connectivity index (χ1v) is 3.41. The molecule has 0 aliphatic carbocycles. The molecular weight excluding hydrogens is 131 g/mol. The molecule has 0 aliphatic heterocycles. The first kappa shape index (κ1) is 67.8. The molecule has 0 N–H and O–H groups in total. The van der Waals surface area contributed by atoms with Crippen molar-refractivity contribution in [2.24, 2.45) is 0 Å². The lowest BCUT2D eigenvalue weighted by atomic mass is 9.79. The molecule has 11 heavy (non-hydrogen) atoms. The lowest BCUT2D eigenvalue weighted by molar-refractivity contribution is 1.45. The highest BCUT2D eigenvalue weighted by molar-refractivity contribution is 6.33. The van der Waals surface area contributed by atoms with Crippen molar-refractivity contribution in [2.45, 2.75) is 71.0 Å². The summed E-state index contributed by atoms with van der Waals surface area (Å²) in [7, 11) is 0.514. The third-order valence-corrected chi connectivity index (χ3v) is 0.707. The molecule has 0 amide bonds. The molecule has 0 atom stereocenters. The SMILES string of the molecule is C.C.C.C.C.CC.C[BH2-]CC. The van der Waals surface area contributed by atoms with Gasteiger partial charge >= 0.3 is 0 Å². The van der Waals surface area contributed by atoms with Crippen LogP contribution in [0.15, 0.2) is 0 Å². The molecule has 0 rings (SSSR count). The van der Waals surface area contributed by atoms with E-state index in [0.717, 1.165) is 0 Å². The minimum atomic E-state index is 0. The second-order valence-electron chi connectivity index (χ2n) is 1.41. The summed E-state index contributed by atoms with van der Waals surface area (Å²) in [5.74, 6) is 0. The van der Waals surface area contributed by atoms with Gasteiger partial charge in [0, 0.05) is 0 Å². The van der Waals surface area contributed by atoms with Gasteiger partial charge in [-0.1, -0.05) is 57.9 Å². The lowest BCUT2D eigenvalue weighted by Crippen LogP contribution is -1.67. The Morgan fingerprint density at radius 2 is 0.909 bits per heavy atom. The van der Waals surface area contributed by atoms with Gasteiger partial charge in [0.1, 0.15) is 0 Å². The van der Waals surface area contributed by atoms with Gasteiger partial charge in [-0.15, -0.1) is 0 Å². The molecular formula is C10H36B-. The molecule has 0 aromatic rings. The topological polar surface area (TPSA) is 0 Å². The molecule has 0 heterocycles. The molecule has 0 spiro atoms. The highest BCUT2D eigenvalue weighted by atomic mass is 13.3. The van der Waals surface area contributed by atoms with E-state index in [1.165, 1.54) is 6.32 Å². The molecule has 0 aromatic carbocycles. The van der Waals surface area contributed by atoms with Crippen molar-refractivity contribution < 1.29 is 0 Å². The van der Waals surface area contributed by atoms with Gasteiger partial charge in [0.15, 0.2) is 0 Å². The van der Waals surface area contributed by atoms with Crippen LogP contribution in [0.25, 0.3) is 0 Å². The van der Waals surface area contributed by atoms with Gasteiger partial charge in [0.25, 0.3) is 0 Å². The molecule has 0 radical (unpaired) electrons. The van der Waals surface area contributed by atoms with Crippen LogP contribution in [-0.2, 0) is 0 Å². The fourth-order valence-electron chi connectivity index (χ4n) is 0. The predicted molar refractivity (Wildman–Crippen MR) is 69.9 cm³/mol. The van der Waals surface area contributed by atoms with Gasteiger partial charge in [-0.2, -0.15) is 13.1 Å². The maximum atomic E-state index is 2.31. The van der Waals surface area contributed by atoms with E-state index >= 15 is 0 Å². The fourth-order valence-corrected chi connectivity index (χ4v) is 0. The number of rotatable bonds is 1. The Hall–Kier alpha value is 0.0649.